The number of H-pyrrole nitrogens is 1. The zero-order valence-electron chi connectivity index (χ0n) is 21.4. The van der Waals surface area contributed by atoms with E-state index in [2.05, 4.69) is 63.1 Å². The molecule has 0 fully saturated rings. The number of benzene rings is 1. The summed E-state index contributed by atoms with van der Waals surface area (Å²) < 4.78 is 1.90. The second-order valence-corrected chi connectivity index (χ2v) is 10.2. The van der Waals surface area contributed by atoms with E-state index in [9.17, 15) is 4.79 Å². The molecule has 0 saturated heterocycles. The third-order valence-corrected chi connectivity index (χ3v) is 7.37. The molecule has 6 rings (SSSR count). The number of amides is 1. The molecule has 0 aliphatic rings. The number of fused-ring (bicyclic) bond motifs is 2. The van der Waals surface area contributed by atoms with Gasteiger partial charge in [0.05, 0.1) is 22.9 Å². The van der Waals surface area contributed by atoms with Gasteiger partial charge >= 0.3 is 0 Å². The normalized spacial score (nSPS) is 11.4. The summed E-state index contributed by atoms with van der Waals surface area (Å²) >= 11 is 1.66. The number of hydrogen-bond acceptors (Lipinski definition) is 6. The van der Waals surface area contributed by atoms with E-state index in [0.29, 0.717) is 23.6 Å². The molecule has 0 spiro atoms. The van der Waals surface area contributed by atoms with Crippen LogP contribution in [0.15, 0.2) is 59.7 Å². The molecule has 8 nitrogen and oxygen atoms in total. The van der Waals surface area contributed by atoms with Crippen molar-refractivity contribution in [2.24, 2.45) is 7.05 Å². The Morgan fingerprint density at radius 2 is 2.03 bits per heavy atom. The number of aromatic nitrogens is 6. The predicted molar refractivity (Wildman–Crippen MR) is 153 cm³/mol. The van der Waals surface area contributed by atoms with Crippen LogP contribution in [-0.4, -0.2) is 35.6 Å². The minimum atomic E-state index is 0.00675. The molecule has 5 heterocycles. The van der Waals surface area contributed by atoms with Crippen molar-refractivity contribution in [3.63, 3.8) is 0 Å². The second-order valence-electron chi connectivity index (χ2n) is 9.43. The van der Waals surface area contributed by atoms with Gasteiger partial charge in [0.1, 0.15) is 5.69 Å². The highest BCUT2D eigenvalue weighted by Crippen LogP contribution is 2.35. The van der Waals surface area contributed by atoms with E-state index in [1.807, 2.05) is 30.1 Å². The molecule has 6 aromatic rings. The van der Waals surface area contributed by atoms with Crippen LogP contribution in [0.5, 0.6) is 0 Å². The Morgan fingerprint density at radius 3 is 2.84 bits per heavy atom. The fraction of sp³-hybridized carbons (Fsp3) is 0.207. The number of carbonyl (C=O) groups excluding carboxylic acids is 1. The smallest absolute Gasteiger partial charge is 0.224 e. The molecule has 9 heteroatoms. The summed E-state index contributed by atoms with van der Waals surface area (Å²) in [6.07, 6.45) is 7.64. The highest BCUT2D eigenvalue weighted by atomic mass is 32.1. The standard InChI is InChI=1S/C29H27N7OS/c1-4-5-6-24(37)32-21-12-20(14-30-15-21)19-11-17(2)27-23(13-19)26(35-36(27)3)29-33-25-22(18-8-10-38-16-18)7-9-31-28(25)34-29/h7-16H,4-6H2,1-3H3,(H,32,37)(H,31,33,34). The van der Waals surface area contributed by atoms with Crippen molar-refractivity contribution in [2.45, 2.75) is 33.1 Å². The van der Waals surface area contributed by atoms with Crippen LogP contribution in [-0.2, 0) is 11.8 Å². The zero-order valence-corrected chi connectivity index (χ0v) is 22.3. The molecule has 0 unspecified atom stereocenters. The van der Waals surface area contributed by atoms with E-state index in [4.69, 9.17) is 10.1 Å². The van der Waals surface area contributed by atoms with Gasteiger partial charge in [0.15, 0.2) is 11.5 Å². The van der Waals surface area contributed by atoms with Gasteiger partial charge in [-0.1, -0.05) is 13.3 Å². The Balaban J connectivity index is 1.43. The van der Waals surface area contributed by atoms with E-state index >= 15 is 0 Å². The molecule has 5 aromatic heterocycles. The van der Waals surface area contributed by atoms with E-state index < -0.39 is 0 Å². The summed E-state index contributed by atoms with van der Waals surface area (Å²) in [5, 5.41) is 13.0. The van der Waals surface area contributed by atoms with Gasteiger partial charge in [0.25, 0.3) is 0 Å². The Hall–Kier alpha value is -4.37. The van der Waals surface area contributed by atoms with E-state index in [1.165, 1.54) is 0 Å². The number of aryl methyl sites for hydroxylation is 2. The van der Waals surface area contributed by atoms with Gasteiger partial charge in [-0.25, -0.2) is 9.97 Å². The van der Waals surface area contributed by atoms with Crippen molar-refractivity contribution in [3.8, 4) is 33.8 Å². The van der Waals surface area contributed by atoms with Gasteiger partial charge in [0.2, 0.25) is 5.91 Å². The summed E-state index contributed by atoms with van der Waals surface area (Å²) in [7, 11) is 1.95. The van der Waals surface area contributed by atoms with Crippen LogP contribution in [0.3, 0.4) is 0 Å². The maximum absolute atomic E-state index is 12.3. The molecule has 190 valence electrons. The average Bonchev–Trinajstić information content (AvgIpc) is 3.66. The molecule has 0 aliphatic heterocycles. The van der Waals surface area contributed by atoms with Crippen LogP contribution in [0.1, 0.15) is 31.7 Å². The number of thiophene rings is 1. The maximum atomic E-state index is 12.3. The van der Waals surface area contributed by atoms with Crippen molar-refractivity contribution >= 4 is 45.0 Å². The molecule has 0 saturated carbocycles. The van der Waals surface area contributed by atoms with Crippen LogP contribution < -0.4 is 5.32 Å². The van der Waals surface area contributed by atoms with Crippen molar-refractivity contribution in [1.29, 1.82) is 0 Å². The molecular formula is C29H27N7OS. The van der Waals surface area contributed by atoms with E-state index in [1.54, 1.807) is 23.7 Å². The van der Waals surface area contributed by atoms with Crippen LogP contribution in [0.4, 0.5) is 5.69 Å². The molecule has 2 N–H and O–H groups in total. The highest BCUT2D eigenvalue weighted by molar-refractivity contribution is 7.08. The Bertz CT molecular complexity index is 1780. The van der Waals surface area contributed by atoms with Gasteiger partial charge in [-0.05, 0) is 71.1 Å². The highest BCUT2D eigenvalue weighted by Gasteiger charge is 2.19. The molecule has 38 heavy (non-hydrogen) atoms. The summed E-state index contributed by atoms with van der Waals surface area (Å²) in [6.45, 7) is 4.15. The molecule has 0 bridgehead atoms. The van der Waals surface area contributed by atoms with Gasteiger partial charge < -0.3 is 10.3 Å². The van der Waals surface area contributed by atoms with Gasteiger partial charge in [-0.15, -0.1) is 0 Å². The number of nitrogens with one attached hydrogen (secondary N) is 2. The lowest BCUT2D eigenvalue weighted by Gasteiger charge is -2.09. The second kappa shape index (κ2) is 9.83. The molecular weight excluding hydrogens is 494 g/mol. The number of hydrogen-bond donors (Lipinski definition) is 2. The van der Waals surface area contributed by atoms with E-state index in [-0.39, 0.29) is 5.91 Å². The van der Waals surface area contributed by atoms with Crippen LogP contribution in [0.25, 0.3) is 55.8 Å². The van der Waals surface area contributed by atoms with Crippen LogP contribution in [0.2, 0.25) is 0 Å². The van der Waals surface area contributed by atoms with Crippen LogP contribution in [0, 0.1) is 6.92 Å². The number of carbonyl (C=O) groups is 1. The number of imidazole rings is 1. The first-order chi connectivity index (χ1) is 18.5. The zero-order chi connectivity index (χ0) is 26.2. The molecule has 1 aromatic carbocycles. The predicted octanol–water partition coefficient (Wildman–Crippen LogP) is 6.74. The van der Waals surface area contributed by atoms with Gasteiger partial charge in [0, 0.05) is 42.4 Å². The monoisotopic (exact) mass is 521 g/mol. The molecule has 0 aliphatic carbocycles. The van der Waals surface area contributed by atoms with Crippen molar-refractivity contribution in [1.82, 2.24) is 29.7 Å². The maximum Gasteiger partial charge on any atom is 0.224 e. The lowest BCUT2D eigenvalue weighted by molar-refractivity contribution is -0.116. The van der Waals surface area contributed by atoms with Crippen molar-refractivity contribution in [2.75, 3.05) is 5.32 Å². The minimum absolute atomic E-state index is 0.00675. The SMILES string of the molecule is CCCCC(=O)Nc1cncc(-c2cc(C)c3c(c2)c(-c2nc4nccc(-c5ccsc5)c4[nH]2)nn3C)c1. The molecule has 0 atom stereocenters. The number of unbranched alkanes of at least 4 members (excludes halogenated alkanes) is 1. The number of nitrogens with zero attached hydrogens (tertiary/aromatic N) is 5. The van der Waals surface area contributed by atoms with Crippen LogP contribution >= 0.6 is 11.3 Å². The number of pyridine rings is 2. The van der Waals surface area contributed by atoms with Gasteiger partial charge in [-0.3, -0.25) is 14.5 Å². The Morgan fingerprint density at radius 1 is 1.13 bits per heavy atom. The average molecular weight is 522 g/mol. The first kappa shape index (κ1) is 24.0. The summed E-state index contributed by atoms with van der Waals surface area (Å²) in [5.41, 5.74) is 9.24. The quantitative estimate of drug-likeness (QED) is 0.242. The topological polar surface area (TPSA) is 101 Å². The number of rotatable bonds is 7. The number of anilines is 1. The summed E-state index contributed by atoms with van der Waals surface area (Å²) in [4.78, 5) is 29.5. The Kier molecular flexibility index (Phi) is 6.21. The summed E-state index contributed by atoms with van der Waals surface area (Å²) in [6, 6.07) is 10.3. The van der Waals surface area contributed by atoms with E-state index in [0.717, 1.165) is 62.8 Å². The fourth-order valence-corrected chi connectivity index (χ4v) is 5.55. The molecule has 1 amide bonds. The lowest BCUT2D eigenvalue weighted by Crippen LogP contribution is -2.11. The first-order valence-electron chi connectivity index (χ1n) is 12.6. The fourth-order valence-electron chi connectivity index (χ4n) is 4.89. The van der Waals surface area contributed by atoms with Gasteiger partial charge in [-0.2, -0.15) is 16.4 Å². The third-order valence-electron chi connectivity index (χ3n) is 6.69. The third kappa shape index (κ3) is 4.35. The van der Waals surface area contributed by atoms with Crippen molar-refractivity contribution < 1.29 is 4.79 Å². The Labute approximate surface area is 223 Å². The lowest BCUT2D eigenvalue weighted by atomic mass is 10.0. The first-order valence-corrected chi connectivity index (χ1v) is 13.6. The molecule has 0 radical (unpaired) electrons. The summed E-state index contributed by atoms with van der Waals surface area (Å²) in [5.74, 6) is 0.680. The largest absolute Gasteiger partial charge is 0.335 e. The number of aromatic amines is 1. The van der Waals surface area contributed by atoms with Crippen molar-refractivity contribution in [3.05, 3.63) is 65.2 Å². The minimum Gasteiger partial charge on any atom is -0.335 e.